The summed E-state index contributed by atoms with van der Waals surface area (Å²) in [5, 5.41) is 0. The summed E-state index contributed by atoms with van der Waals surface area (Å²) in [7, 11) is 0. The van der Waals surface area contributed by atoms with Crippen molar-refractivity contribution in [1.29, 1.82) is 0 Å². The zero-order valence-corrected chi connectivity index (χ0v) is 25.9. The second kappa shape index (κ2) is 17.0. The molecule has 1 unspecified atom stereocenters. The molecule has 0 saturated heterocycles. The topological polar surface area (TPSA) is 0 Å². The highest BCUT2D eigenvalue weighted by Crippen LogP contribution is 2.42. The molecule has 4 rings (SSSR count). The van der Waals surface area contributed by atoms with Crippen LogP contribution in [0.4, 0.5) is 3.89 Å². The second-order valence-electron chi connectivity index (χ2n) is 10.2. The van der Waals surface area contributed by atoms with Crippen LogP contribution in [0.15, 0.2) is 152 Å². The number of hydrogen-bond donors (Lipinski definition) is 1. The summed E-state index contributed by atoms with van der Waals surface area (Å²) in [6.45, 7) is 18.8. The highest BCUT2D eigenvalue weighted by molar-refractivity contribution is 7.74. The zero-order valence-electron chi connectivity index (χ0n) is 25.0. The number of aryl methyl sites for hydroxylation is 2. The Morgan fingerprint density at radius 3 is 1.63 bits per heavy atom. The van der Waals surface area contributed by atoms with E-state index < -0.39 is 0 Å². The highest BCUT2D eigenvalue weighted by atomic mass is 32.1. The Morgan fingerprint density at radius 1 is 0.707 bits per heavy atom. The van der Waals surface area contributed by atoms with Gasteiger partial charge in [0.1, 0.15) is 0 Å². The monoisotopic (exact) mass is 562 g/mol. The molecule has 0 radical (unpaired) electrons. The van der Waals surface area contributed by atoms with Crippen molar-refractivity contribution in [3.63, 3.8) is 0 Å². The first-order valence-corrected chi connectivity index (χ1v) is 14.2. The molecule has 0 heterocycles. The van der Waals surface area contributed by atoms with Crippen molar-refractivity contribution < 1.29 is 3.89 Å². The smallest absolute Gasteiger partial charge is 0.0388 e. The minimum atomic E-state index is -0.143. The van der Waals surface area contributed by atoms with Crippen molar-refractivity contribution in [1.82, 2.24) is 0 Å². The van der Waals surface area contributed by atoms with Gasteiger partial charge < -0.3 is 0 Å². The van der Waals surface area contributed by atoms with Gasteiger partial charge in [0.2, 0.25) is 0 Å². The van der Waals surface area contributed by atoms with Crippen LogP contribution >= 0.6 is 13.0 Å². The lowest BCUT2D eigenvalue weighted by molar-refractivity contribution is 0.662. The second-order valence-corrected chi connectivity index (χ2v) is 10.2. The fourth-order valence-electron chi connectivity index (χ4n) is 5.33. The van der Waals surface area contributed by atoms with Gasteiger partial charge in [0.05, 0.1) is 0 Å². The standard InChI is InChI=1S/C22H26.C17H16.FHS/c1-7-11-18(4)22(6,20-12-9-8-10-13-20)21-17(3)15-14-16(2)19(21)5;1-2-3-14-17(15-10-6-4-7-11-15)16-12-8-5-9-13-16;1-2/h7-15H,1H2,2-6H3;2-14,17H,1H2;2H/b18-11+;14-3+;. The molecule has 0 saturated carbocycles. The first kappa shape index (κ1) is 33.3. The molecule has 41 heavy (non-hydrogen) atoms. The summed E-state index contributed by atoms with van der Waals surface area (Å²) < 4.78 is 9.19. The summed E-state index contributed by atoms with van der Waals surface area (Å²) in [5.41, 5.74) is 10.6. The summed E-state index contributed by atoms with van der Waals surface area (Å²) in [6.07, 6.45) is 10.0. The summed E-state index contributed by atoms with van der Waals surface area (Å²) in [6, 6.07) is 36.2. The van der Waals surface area contributed by atoms with E-state index >= 15 is 0 Å². The Labute approximate surface area is 253 Å². The number of thiol groups is 1. The number of rotatable bonds is 8. The molecule has 212 valence electrons. The molecular weight excluding hydrogens is 519 g/mol. The largest absolute Gasteiger partial charge is 0.169 e. The van der Waals surface area contributed by atoms with E-state index in [0.29, 0.717) is 5.92 Å². The quantitative estimate of drug-likeness (QED) is 0.160. The molecule has 0 aliphatic rings. The van der Waals surface area contributed by atoms with Gasteiger partial charge in [-0.15, -0.1) is 0 Å². The van der Waals surface area contributed by atoms with Crippen molar-refractivity contribution in [2.24, 2.45) is 0 Å². The molecule has 0 fully saturated rings. The molecule has 4 aromatic rings. The maximum absolute atomic E-state index is 9.19. The molecule has 0 N–H and O–H groups in total. The first-order chi connectivity index (χ1) is 19.8. The third-order valence-electron chi connectivity index (χ3n) is 7.71. The van der Waals surface area contributed by atoms with Crippen LogP contribution in [0.25, 0.3) is 0 Å². The van der Waals surface area contributed by atoms with Gasteiger partial charge in [-0.1, -0.05) is 152 Å². The van der Waals surface area contributed by atoms with Crippen molar-refractivity contribution in [3.8, 4) is 0 Å². The van der Waals surface area contributed by atoms with E-state index in [2.05, 4.69) is 151 Å². The van der Waals surface area contributed by atoms with Crippen LogP contribution in [0.1, 0.15) is 58.7 Å². The van der Waals surface area contributed by atoms with E-state index in [1.54, 1.807) is 0 Å². The number of allylic oxidation sites excluding steroid dienone is 6. The zero-order chi connectivity index (χ0) is 30.3. The molecule has 0 aliphatic carbocycles. The van der Waals surface area contributed by atoms with E-state index in [4.69, 9.17) is 0 Å². The van der Waals surface area contributed by atoms with Gasteiger partial charge in [-0.05, 0) is 73.6 Å². The van der Waals surface area contributed by atoms with Gasteiger partial charge in [0, 0.05) is 24.3 Å². The Balaban J connectivity index is 0.000000278. The predicted octanol–water partition coefficient (Wildman–Crippen LogP) is 11.4. The van der Waals surface area contributed by atoms with Crippen molar-refractivity contribution in [2.75, 3.05) is 0 Å². The molecule has 0 amide bonds. The van der Waals surface area contributed by atoms with Gasteiger partial charge in [-0.2, -0.15) is 3.89 Å². The third kappa shape index (κ3) is 8.55. The van der Waals surface area contributed by atoms with Crippen LogP contribution in [0.3, 0.4) is 0 Å². The van der Waals surface area contributed by atoms with Gasteiger partial charge >= 0.3 is 0 Å². The highest BCUT2D eigenvalue weighted by Gasteiger charge is 2.33. The molecule has 0 aliphatic heterocycles. The van der Waals surface area contributed by atoms with Crippen LogP contribution in [0.5, 0.6) is 0 Å². The van der Waals surface area contributed by atoms with E-state index in [9.17, 15) is 3.89 Å². The molecule has 4 aromatic carbocycles. The van der Waals surface area contributed by atoms with Crippen molar-refractivity contribution >= 4 is 13.0 Å². The minimum absolute atomic E-state index is 0.143. The molecule has 0 spiro atoms. The maximum atomic E-state index is 9.19. The van der Waals surface area contributed by atoms with Crippen LogP contribution in [-0.4, -0.2) is 0 Å². The average molecular weight is 563 g/mol. The lowest BCUT2D eigenvalue weighted by Gasteiger charge is -2.35. The van der Waals surface area contributed by atoms with E-state index in [1.165, 1.54) is 44.5 Å². The summed E-state index contributed by atoms with van der Waals surface area (Å²) in [5.74, 6) is 0.301. The van der Waals surface area contributed by atoms with Crippen LogP contribution in [0, 0.1) is 20.8 Å². The molecular formula is C39H43FS. The van der Waals surface area contributed by atoms with Crippen LogP contribution < -0.4 is 0 Å². The molecule has 0 aromatic heterocycles. The molecule has 0 bridgehead atoms. The Bertz CT molecular complexity index is 1380. The van der Waals surface area contributed by atoms with Crippen LogP contribution in [-0.2, 0) is 5.41 Å². The third-order valence-corrected chi connectivity index (χ3v) is 7.71. The first-order valence-electron chi connectivity index (χ1n) is 13.8. The summed E-state index contributed by atoms with van der Waals surface area (Å²) >= 11 is 2.03. The van der Waals surface area contributed by atoms with E-state index in [0.717, 1.165) is 0 Å². The number of benzene rings is 4. The molecule has 1 atom stereocenters. The van der Waals surface area contributed by atoms with E-state index in [-0.39, 0.29) is 5.41 Å². The fourth-order valence-corrected chi connectivity index (χ4v) is 5.33. The number of hydrogen-bond acceptors (Lipinski definition) is 1. The van der Waals surface area contributed by atoms with Crippen molar-refractivity contribution in [3.05, 3.63) is 191 Å². The van der Waals surface area contributed by atoms with Gasteiger partial charge in [-0.3, -0.25) is 0 Å². The lowest BCUT2D eigenvalue weighted by Crippen LogP contribution is -2.28. The Morgan fingerprint density at radius 2 is 1.17 bits per heavy atom. The molecule has 2 heteroatoms. The maximum Gasteiger partial charge on any atom is 0.0388 e. The van der Waals surface area contributed by atoms with Crippen molar-refractivity contribution in [2.45, 2.75) is 46.0 Å². The SMILES string of the molecule is C=C/C=C(\C)C(C)(c1ccccc1)c1c(C)ccc(C)c1C.C=C/C=C/C(c1ccccc1)c1ccccc1.FS. The molecule has 0 nitrogen and oxygen atoms in total. The van der Waals surface area contributed by atoms with Gasteiger partial charge in [-0.25, -0.2) is 0 Å². The van der Waals surface area contributed by atoms with E-state index in [1.807, 2.05) is 43.4 Å². The van der Waals surface area contributed by atoms with Crippen LogP contribution in [0.2, 0.25) is 0 Å². The van der Waals surface area contributed by atoms with Gasteiger partial charge in [0.25, 0.3) is 0 Å². The van der Waals surface area contributed by atoms with Gasteiger partial charge in [0.15, 0.2) is 0 Å². The predicted molar refractivity (Wildman–Crippen MR) is 182 cm³/mol. The minimum Gasteiger partial charge on any atom is -0.169 e. The number of halogens is 1. The lowest BCUT2D eigenvalue weighted by atomic mass is 9.67. The fraction of sp³-hybridized carbons (Fsp3) is 0.179. The average Bonchev–Trinajstić information content (AvgIpc) is 3.02. The Hall–Kier alpha value is -3.88. The Kier molecular flexibility index (Phi) is 13.9. The normalized spacial score (nSPS) is 12.4. The summed E-state index contributed by atoms with van der Waals surface area (Å²) in [4.78, 5) is 0.